The average molecular weight is 401 g/mol. The van der Waals surface area contributed by atoms with Crippen molar-refractivity contribution < 1.29 is 23.1 Å². The second kappa shape index (κ2) is 11.7. The Bertz CT molecular complexity index is 817. The van der Waals surface area contributed by atoms with Gasteiger partial charge in [0.25, 0.3) is 0 Å². The zero-order valence-electron chi connectivity index (χ0n) is 16.4. The minimum atomic E-state index is -1.07. The van der Waals surface area contributed by atoms with Crippen molar-refractivity contribution in [3.63, 3.8) is 0 Å². The third kappa shape index (κ3) is 8.25. The first-order valence-corrected chi connectivity index (χ1v) is 9.60. The Balaban J connectivity index is 2.07. The fraction of sp³-hybridized carbons (Fsp3) is 0.304. The van der Waals surface area contributed by atoms with Gasteiger partial charge in [0.2, 0.25) is 5.91 Å². The van der Waals surface area contributed by atoms with Gasteiger partial charge >= 0.3 is 5.97 Å². The van der Waals surface area contributed by atoms with Gasteiger partial charge < -0.3 is 10.1 Å². The summed E-state index contributed by atoms with van der Waals surface area (Å²) in [5.41, 5.74) is 1.04. The van der Waals surface area contributed by atoms with Gasteiger partial charge in [0.15, 0.2) is 0 Å². The Hall–Kier alpha value is -3.02. The molecule has 4 nitrogen and oxygen atoms in total. The van der Waals surface area contributed by atoms with E-state index in [2.05, 4.69) is 5.32 Å². The maximum absolute atomic E-state index is 13.5. The molecule has 1 amide bonds. The molecule has 0 saturated heterocycles. The Morgan fingerprint density at radius 2 is 1.76 bits per heavy atom. The third-order valence-corrected chi connectivity index (χ3v) is 4.18. The molecule has 2 rings (SSSR count). The number of amides is 1. The normalized spacial score (nSPS) is 12.0. The van der Waals surface area contributed by atoms with E-state index in [1.165, 1.54) is 6.08 Å². The van der Waals surface area contributed by atoms with Crippen LogP contribution >= 0.6 is 0 Å². The van der Waals surface area contributed by atoms with Crippen molar-refractivity contribution >= 4 is 11.9 Å². The van der Waals surface area contributed by atoms with Crippen LogP contribution in [0.5, 0.6) is 0 Å². The Morgan fingerprint density at radius 3 is 2.41 bits per heavy atom. The fourth-order valence-electron chi connectivity index (χ4n) is 2.72. The first kappa shape index (κ1) is 22.3. The molecule has 0 saturated carbocycles. The van der Waals surface area contributed by atoms with Crippen molar-refractivity contribution in [1.82, 2.24) is 5.32 Å². The van der Waals surface area contributed by atoms with Gasteiger partial charge in [-0.15, -0.1) is 0 Å². The molecule has 0 aromatic heterocycles. The molecular weight excluding hydrogens is 376 g/mol. The fourth-order valence-corrected chi connectivity index (χ4v) is 2.72. The lowest BCUT2D eigenvalue weighted by Crippen LogP contribution is -2.42. The quantitative estimate of drug-likeness (QED) is 0.363. The van der Waals surface area contributed by atoms with Gasteiger partial charge in [-0.1, -0.05) is 56.2 Å². The Labute approximate surface area is 169 Å². The minimum absolute atomic E-state index is 0.0376. The summed E-state index contributed by atoms with van der Waals surface area (Å²) in [5.74, 6) is -2.63. The third-order valence-electron chi connectivity index (χ3n) is 4.18. The van der Waals surface area contributed by atoms with Gasteiger partial charge in [0.1, 0.15) is 24.3 Å². The number of unbranched alkanes of at least 4 members (excludes halogenated alkanes) is 2. The summed E-state index contributed by atoms with van der Waals surface area (Å²) in [5, 5.41) is 2.57. The predicted octanol–water partition coefficient (Wildman–Crippen LogP) is 4.48. The maximum Gasteiger partial charge on any atom is 0.329 e. The molecule has 0 aliphatic rings. The molecule has 1 N–H and O–H groups in total. The van der Waals surface area contributed by atoms with Crippen molar-refractivity contribution in [2.24, 2.45) is 0 Å². The lowest BCUT2D eigenvalue weighted by molar-refractivity contribution is -0.148. The topological polar surface area (TPSA) is 55.4 Å². The van der Waals surface area contributed by atoms with Crippen molar-refractivity contribution in [1.29, 1.82) is 0 Å². The van der Waals surface area contributed by atoms with Crippen LogP contribution in [0.1, 0.15) is 37.3 Å². The number of allylic oxidation sites excluding steroid dienone is 1. The number of benzene rings is 2. The SMILES string of the molecule is CCCC/C=C/C(=O)N[C@@H](Cc1cc(F)cc(F)c1)C(=O)OCc1ccccc1. The van der Waals surface area contributed by atoms with Gasteiger partial charge in [0, 0.05) is 12.5 Å². The number of carbonyl (C=O) groups is 2. The lowest BCUT2D eigenvalue weighted by Gasteiger charge is -2.17. The number of hydrogen-bond donors (Lipinski definition) is 1. The molecular formula is C23H25F2NO3. The van der Waals surface area contributed by atoms with Crippen LogP contribution in [0.4, 0.5) is 8.78 Å². The van der Waals surface area contributed by atoms with Crippen molar-refractivity contribution in [2.45, 2.75) is 45.3 Å². The standard InChI is InChI=1S/C23H25F2NO3/c1-2-3-4-8-11-22(27)26-21(14-18-12-19(24)15-20(25)13-18)23(28)29-16-17-9-6-5-7-10-17/h5-13,15,21H,2-4,14,16H2,1H3,(H,26,27)/b11-8+/t21-/m0/s1. The van der Waals surface area contributed by atoms with Gasteiger partial charge in [-0.25, -0.2) is 13.6 Å². The Morgan fingerprint density at radius 1 is 1.07 bits per heavy atom. The van der Waals surface area contributed by atoms with Crippen molar-refractivity contribution in [3.8, 4) is 0 Å². The molecule has 0 fully saturated rings. The first-order valence-electron chi connectivity index (χ1n) is 9.60. The van der Waals surface area contributed by atoms with E-state index in [-0.39, 0.29) is 18.6 Å². The number of hydrogen-bond acceptors (Lipinski definition) is 3. The minimum Gasteiger partial charge on any atom is -0.459 e. The zero-order chi connectivity index (χ0) is 21.1. The molecule has 0 unspecified atom stereocenters. The predicted molar refractivity (Wildman–Crippen MR) is 107 cm³/mol. The van der Waals surface area contributed by atoms with Crippen LogP contribution in [0, 0.1) is 11.6 Å². The van der Waals surface area contributed by atoms with Crippen LogP contribution in [0.25, 0.3) is 0 Å². The summed E-state index contributed by atoms with van der Waals surface area (Å²) >= 11 is 0. The smallest absolute Gasteiger partial charge is 0.329 e. The molecule has 0 aliphatic heterocycles. The maximum atomic E-state index is 13.5. The van der Waals surface area contributed by atoms with E-state index in [0.717, 1.165) is 43.0 Å². The Kier molecular flexibility index (Phi) is 9.02. The van der Waals surface area contributed by atoms with Crippen LogP contribution in [-0.2, 0) is 27.4 Å². The highest BCUT2D eigenvalue weighted by atomic mass is 19.1. The molecule has 1 atom stereocenters. The number of nitrogens with one attached hydrogen (secondary N) is 1. The second-order valence-corrected chi connectivity index (χ2v) is 6.68. The molecule has 2 aromatic carbocycles. The van der Waals surface area contributed by atoms with Crippen LogP contribution in [-0.4, -0.2) is 17.9 Å². The van der Waals surface area contributed by atoms with Gasteiger partial charge in [-0.05, 0) is 35.8 Å². The lowest BCUT2D eigenvalue weighted by atomic mass is 10.1. The van der Waals surface area contributed by atoms with Crippen LogP contribution in [0.15, 0.2) is 60.7 Å². The average Bonchev–Trinajstić information content (AvgIpc) is 2.69. The van der Waals surface area contributed by atoms with Crippen LogP contribution in [0.3, 0.4) is 0 Å². The van der Waals surface area contributed by atoms with Crippen LogP contribution < -0.4 is 5.32 Å². The molecule has 0 spiro atoms. The first-order chi connectivity index (χ1) is 14.0. The highest BCUT2D eigenvalue weighted by Gasteiger charge is 2.23. The van der Waals surface area contributed by atoms with Crippen LogP contribution in [0.2, 0.25) is 0 Å². The molecule has 154 valence electrons. The second-order valence-electron chi connectivity index (χ2n) is 6.68. The number of ether oxygens (including phenoxy) is 1. The molecule has 2 aromatic rings. The van der Waals surface area contributed by atoms with E-state index in [9.17, 15) is 18.4 Å². The van der Waals surface area contributed by atoms with E-state index in [4.69, 9.17) is 4.74 Å². The largest absolute Gasteiger partial charge is 0.459 e. The van der Waals surface area contributed by atoms with E-state index in [1.807, 2.05) is 25.1 Å². The number of halogens is 2. The summed E-state index contributed by atoms with van der Waals surface area (Å²) in [7, 11) is 0. The van der Waals surface area contributed by atoms with E-state index < -0.39 is 29.6 Å². The highest BCUT2D eigenvalue weighted by molar-refractivity contribution is 5.91. The molecule has 0 radical (unpaired) electrons. The van der Waals surface area contributed by atoms with Gasteiger partial charge in [-0.3, -0.25) is 4.79 Å². The van der Waals surface area contributed by atoms with Crippen molar-refractivity contribution in [2.75, 3.05) is 0 Å². The summed E-state index contributed by atoms with van der Waals surface area (Å²) in [6.07, 6.45) is 5.71. The molecule has 0 bridgehead atoms. The van der Waals surface area contributed by atoms with Gasteiger partial charge in [0.05, 0.1) is 0 Å². The molecule has 6 heteroatoms. The molecule has 0 heterocycles. The van der Waals surface area contributed by atoms with E-state index >= 15 is 0 Å². The number of carbonyl (C=O) groups excluding carboxylic acids is 2. The summed E-state index contributed by atoms with van der Waals surface area (Å²) in [6, 6.07) is 11.0. The number of esters is 1. The van der Waals surface area contributed by atoms with E-state index in [0.29, 0.717) is 0 Å². The monoisotopic (exact) mass is 401 g/mol. The van der Waals surface area contributed by atoms with Gasteiger partial charge in [-0.2, -0.15) is 0 Å². The van der Waals surface area contributed by atoms with E-state index in [1.54, 1.807) is 18.2 Å². The zero-order valence-corrected chi connectivity index (χ0v) is 16.4. The summed E-state index contributed by atoms with van der Waals surface area (Å²) in [6.45, 7) is 2.08. The van der Waals surface area contributed by atoms with Crippen molar-refractivity contribution in [3.05, 3.63) is 83.4 Å². The highest BCUT2D eigenvalue weighted by Crippen LogP contribution is 2.12. The number of rotatable bonds is 10. The summed E-state index contributed by atoms with van der Waals surface area (Å²) < 4.78 is 32.3. The molecule has 0 aliphatic carbocycles. The summed E-state index contributed by atoms with van der Waals surface area (Å²) in [4.78, 5) is 24.7. The molecule has 29 heavy (non-hydrogen) atoms.